The summed E-state index contributed by atoms with van der Waals surface area (Å²) in [5.41, 5.74) is 2.52. The Morgan fingerprint density at radius 1 is 0.839 bits per heavy atom. The van der Waals surface area contributed by atoms with Gasteiger partial charge in [0.15, 0.2) is 0 Å². The van der Waals surface area contributed by atoms with Crippen molar-refractivity contribution in [2.45, 2.75) is 57.6 Å². The normalized spacial score (nSPS) is 23.7. The van der Waals surface area contributed by atoms with Gasteiger partial charge in [-0.2, -0.15) is 0 Å². The van der Waals surface area contributed by atoms with Gasteiger partial charge >= 0.3 is 6.03 Å². The summed E-state index contributed by atoms with van der Waals surface area (Å²) in [5, 5.41) is 10.8. The molecule has 2 aromatic carbocycles. The molecule has 2 unspecified atom stereocenters. The first-order valence-electron chi connectivity index (χ1n) is 11.9. The van der Waals surface area contributed by atoms with Crippen LogP contribution in [0.2, 0.25) is 0 Å². The van der Waals surface area contributed by atoms with E-state index in [-0.39, 0.29) is 12.1 Å². The minimum atomic E-state index is -0.433. The van der Waals surface area contributed by atoms with Crippen LogP contribution in [0.5, 0.6) is 0 Å². The zero-order valence-corrected chi connectivity index (χ0v) is 18.7. The summed E-state index contributed by atoms with van der Waals surface area (Å²) < 4.78 is 0. The van der Waals surface area contributed by atoms with Crippen LogP contribution in [-0.2, 0) is 6.42 Å². The molecule has 3 fully saturated rings. The molecule has 3 aliphatic rings. The molecular weight excluding hydrogens is 384 g/mol. The molecule has 2 aliphatic carbocycles. The van der Waals surface area contributed by atoms with Gasteiger partial charge in [0.25, 0.3) is 0 Å². The maximum Gasteiger partial charge on any atom is 0.320 e. The van der Waals surface area contributed by atoms with Crippen molar-refractivity contribution in [2.24, 2.45) is 11.8 Å². The lowest BCUT2D eigenvalue weighted by Gasteiger charge is -2.34. The van der Waals surface area contributed by atoms with Gasteiger partial charge in [0.05, 0.1) is 12.1 Å². The Morgan fingerprint density at radius 2 is 1.42 bits per heavy atom. The molecule has 2 saturated carbocycles. The van der Waals surface area contributed by atoms with E-state index in [1.807, 2.05) is 46.2 Å². The van der Waals surface area contributed by atoms with Crippen molar-refractivity contribution in [2.75, 3.05) is 19.6 Å². The van der Waals surface area contributed by atoms with Crippen LogP contribution in [0.3, 0.4) is 0 Å². The van der Waals surface area contributed by atoms with Gasteiger partial charge in [0.2, 0.25) is 0 Å². The number of carbonyl (C=O) groups excluding carboxylic acids is 1. The van der Waals surface area contributed by atoms with Crippen molar-refractivity contribution in [3.05, 3.63) is 71.8 Å². The summed E-state index contributed by atoms with van der Waals surface area (Å²) >= 11 is 0. The second-order valence-electron chi connectivity index (χ2n) is 9.54. The molecule has 4 nitrogen and oxygen atoms in total. The molecule has 2 aromatic rings. The molecule has 0 radical (unpaired) electrons. The lowest BCUT2D eigenvalue weighted by molar-refractivity contribution is 0.0692. The van der Waals surface area contributed by atoms with Crippen LogP contribution in [0.25, 0.3) is 0 Å². The number of aliphatic hydroxyl groups is 1. The number of aliphatic hydroxyl groups excluding tert-OH is 1. The molecule has 4 heteroatoms. The molecule has 31 heavy (non-hydrogen) atoms. The highest BCUT2D eigenvalue weighted by Gasteiger charge is 2.40. The van der Waals surface area contributed by atoms with Gasteiger partial charge in [-0.1, -0.05) is 66.2 Å². The number of amides is 2. The largest absolute Gasteiger partial charge is 0.391 e. The summed E-state index contributed by atoms with van der Waals surface area (Å²) in [6.45, 7) is 4.47. The Labute approximate surface area is 186 Å². The molecule has 1 aliphatic heterocycles. The molecule has 1 heterocycles. The second kappa shape index (κ2) is 10.3. The van der Waals surface area contributed by atoms with Gasteiger partial charge in [0, 0.05) is 19.6 Å². The average Bonchev–Trinajstić information content (AvgIpc) is 3.70. The third-order valence-corrected chi connectivity index (χ3v) is 6.61. The lowest BCUT2D eigenvalue weighted by Crippen LogP contribution is -2.51. The SMILES string of the molecule is Cc1ccccc1.O=C1N(CC2CC2)CCC(O)C(Cc2ccccc2)N1CC1CC1. The smallest absolute Gasteiger partial charge is 0.320 e. The average molecular weight is 421 g/mol. The van der Waals surface area contributed by atoms with Crippen molar-refractivity contribution in [1.29, 1.82) is 0 Å². The Kier molecular flexibility index (Phi) is 7.29. The lowest BCUT2D eigenvalue weighted by atomic mass is 9.98. The maximum atomic E-state index is 13.2. The molecule has 0 spiro atoms. The van der Waals surface area contributed by atoms with Crippen LogP contribution in [0, 0.1) is 18.8 Å². The summed E-state index contributed by atoms with van der Waals surface area (Å²) in [4.78, 5) is 17.2. The van der Waals surface area contributed by atoms with E-state index in [1.54, 1.807) is 0 Å². The van der Waals surface area contributed by atoms with Crippen molar-refractivity contribution >= 4 is 6.03 Å². The summed E-state index contributed by atoms with van der Waals surface area (Å²) in [7, 11) is 0. The Balaban J connectivity index is 0.000000282. The van der Waals surface area contributed by atoms with E-state index in [0.29, 0.717) is 24.8 Å². The van der Waals surface area contributed by atoms with E-state index in [1.165, 1.54) is 36.8 Å². The summed E-state index contributed by atoms with van der Waals surface area (Å²) in [5.74, 6) is 1.33. The van der Waals surface area contributed by atoms with E-state index >= 15 is 0 Å². The molecule has 2 atom stereocenters. The molecule has 2 amide bonds. The monoisotopic (exact) mass is 420 g/mol. The van der Waals surface area contributed by atoms with Crippen LogP contribution in [0.15, 0.2) is 60.7 Å². The van der Waals surface area contributed by atoms with Gasteiger partial charge in [-0.15, -0.1) is 0 Å². The first-order valence-corrected chi connectivity index (χ1v) is 11.9. The minimum absolute atomic E-state index is 0.0929. The summed E-state index contributed by atoms with van der Waals surface area (Å²) in [6, 6.07) is 20.6. The molecule has 166 valence electrons. The van der Waals surface area contributed by atoms with Crippen molar-refractivity contribution < 1.29 is 9.90 Å². The van der Waals surface area contributed by atoms with E-state index in [0.717, 1.165) is 19.5 Å². The quantitative estimate of drug-likeness (QED) is 0.722. The number of benzene rings is 2. The van der Waals surface area contributed by atoms with E-state index in [4.69, 9.17) is 0 Å². The molecular formula is C27H36N2O2. The van der Waals surface area contributed by atoms with E-state index in [9.17, 15) is 9.90 Å². The number of hydrogen-bond donors (Lipinski definition) is 1. The van der Waals surface area contributed by atoms with Crippen LogP contribution < -0.4 is 0 Å². The molecule has 1 saturated heterocycles. The van der Waals surface area contributed by atoms with Crippen LogP contribution in [-0.4, -0.2) is 52.7 Å². The van der Waals surface area contributed by atoms with Crippen LogP contribution in [0.1, 0.15) is 43.2 Å². The fraction of sp³-hybridized carbons (Fsp3) is 0.519. The number of hydrogen-bond acceptors (Lipinski definition) is 2. The molecule has 0 aromatic heterocycles. The molecule has 1 N–H and O–H groups in total. The van der Waals surface area contributed by atoms with Crippen LogP contribution >= 0.6 is 0 Å². The third-order valence-electron chi connectivity index (χ3n) is 6.61. The topological polar surface area (TPSA) is 43.8 Å². The van der Waals surface area contributed by atoms with Crippen LogP contribution in [0.4, 0.5) is 4.79 Å². The molecule has 0 bridgehead atoms. The number of carbonyl (C=O) groups is 1. The standard InChI is InChI=1S/C20H28N2O2.C7H8/c23-19-10-11-21(13-16-6-7-16)20(24)22(14-17-8-9-17)18(19)12-15-4-2-1-3-5-15;1-7-5-3-2-4-6-7/h1-5,16-19,23H,6-14H2;2-6H,1H3. The number of aryl methyl sites for hydroxylation is 1. The van der Waals surface area contributed by atoms with E-state index < -0.39 is 6.10 Å². The van der Waals surface area contributed by atoms with Crippen molar-refractivity contribution in [3.63, 3.8) is 0 Å². The first kappa shape index (κ1) is 21.9. The fourth-order valence-electron chi connectivity index (χ4n) is 4.32. The predicted molar refractivity (Wildman–Crippen MR) is 125 cm³/mol. The Hall–Kier alpha value is -2.33. The number of rotatable bonds is 6. The highest BCUT2D eigenvalue weighted by molar-refractivity contribution is 5.75. The highest BCUT2D eigenvalue weighted by atomic mass is 16.3. The Morgan fingerprint density at radius 3 is 1.97 bits per heavy atom. The van der Waals surface area contributed by atoms with Gasteiger partial charge in [-0.25, -0.2) is 4.79 Å². The van der Waals surface area contributed by atoms with E-state index in [2.05, 4.69) is 31.2 Å². The Bertz CT molecular complexity index is 818. The van der Waals surface area contributed by atoms with Gasteiger partial charge in [-0.05, 0) is 62.8 Å². The number of nitrogens with zero attached hydrogens (tertiary/aromatic N) is 2. The first-order chi connectivity index (χ1) is 15.1. The zero-order valence-electron chi connectivity index (χ0n) is 18.7. The fourth-order valence-corrected chi connectivity index (χ4v) is 4.32. The van der Waals surface area contributed by atoms with Crippen molar-refractivity contribution in [1.82, 2.24) is 9.80 Å². The van der Waals surface area contributed by atoms with Gasteiger partial charge < -0.3 is 14.9 Å². The minimum Gasteiger partial charge on any atom is -0.391 e. The predicted octanol–water partition coefficient (Wildman–Crippen LogP) is 4.90. The second-order valence-corrected chi connectivity index (χ2v) is 9.54. The highest BCUT2D eigenvalue weighted by Crippen LogP contribution is 2.34. The zero-order chi connectivity index (χ0) is 21.6. The third kappa shape index (κ3) is 6.57. The molecule has 5 rings (SSSR count). The van der Waals surface area contributed by atoms with Gasteiger partial charge in [0.1, 0.15) is 0 Å². The van der Waals surface area contributed by atoms with Gasteiger partial charge in [-0.3, -0.25) is 0 Å². The van der Waals surface area contributed by atoms with Crippen molar-refractivity contribution in [3.8, 4) is 0 Å². The number of urea groups is 1. The maximum absolute atomic E-state index is 13.2. The summed E-state index contributed by atoms with van der Waals surface area (Å²) in [6.07, 6.45) is 5.96.